The molecule has 0 radical (unpaired) electrons. The summed E-state index contributed by atoms with van der Waals surface area (Å²) in [5.41, 5.74) is 7.24. The number of aromatic nitrogens is 1. The van der Waals surface area contributed by atoms with Gasteiger partial charge in [0.15, 0.2) is 0 Å². The van der Waals surface area contributed by atoms with Gasteiger partial charge in [-0.25, -0.2) is 0 Å². The Morgan fingerprint density at radius 2 is 2.25 bits per heavy atom. The van der Waals surface area contributed by atoms with Crippen LogP contribution in [0.3, 0.4) is 0 Å². The minimum absolute atomic E-state index is 0.371. The second kappa shape index (κ2) is 5.41. The van der Waals surface area contributed by atoms with Crippen LogP contribution in [0.2, 0.25) is 0 Å². The molecule has 1 aromatic heterocycles. The van der Waals surface area contributed by atoms with Crippen molar-refractivity contribution < 1.29 is 0 Å². The maximum absolute atomic E-state index is 5.94. The van der Waals surface area contributed by atoms with E-state index in [9.17, 15) is 0 Å². The second-order valence-corrected chi connectivity index (χ2v) is 4.47. The Bertz CT molecular complexity index is 312. The summed E-state index contributed by atoms with van der Waals surface area (Å²) in [5, 5.41) is 0. The van der Waals surface area contributed by atoms with Gasteiger partial charge in [-0.3, -0.25) is 9.88 Å². The second-order valence-electron chi connectivity index (χ2n) is 4.47. The zero-order chi connectivity index (χ0) is 11.4. The molecule has 3 heteroatoms. The van der Waals surface area contributed by atoms with Gasteiger partial charge in [0.25, 0.3) is 0 Å². The first-order valence-corrected chi connectivity index (χ1v) is 6.22. The topological polar surface area (TPSA) is 42.1 Å². The predicted molar refractivity (Wildman–Crippen MR) is 66.1 cm³/mol. The Hall–Kier alpha value is -0.930. The lowest BCUT2D eigenvalue weighted by Gasteiger charge is -2.32. The molecular weight excluding hydrogens is 198 g/mol. The van der Waals surface area contributed by atoms with Crippen LogP contribution in [0, 0.1) is 0 Å². The lowest BCUT2D eigenvalue weighted by Crippen LogP contribution is -2.37. The summed E-state index contributed by atoms with van der Waals surface area (Å²) in [6.45, 7) is 4.15. The number of rotatable bonds is 4. The summed E-state index contributed by atoms with van der Waals surface area (Å²) >= 11 is 0. The van der Waals surface area contributed by atoms with Crippen LogP contribution in [0.25, 0.3) is 0 Å². The molecule has 2 heterocycles. The highest BCUT2D eigenvalue weighted by Crippen LogP contribution is 2.29. The molecule has 16 heavy (non-hydrogen) atoms. The minimum atomic E-state index is 0.371. The van der Waals surface area contributed by atoms with Gasteiger partial charge >= 0.3 is 0 Å². The summed E-state index contributed by atoms with van der Waals surface area (Å²) in [4.78, 5) is 6.63. The Labute approximate surface area is 97.7 Å². The molecule has 0 aromatic carbocycles. The van der Waals surface area contributed by atoms with E-state index in [4.69, 9.17) is 5.73 Å². The number of nitrogens with zero attached hydrogens (tertiary/aromatic N) is 2. The van der Waals surface area contributed by atoms with Gasteiger partial charge in [0.1, 0.15) is 0 Å². The van der Waals surface area contributed by atoms with Crippen molar-refractivity contribution in [1.29, 1.82) is 0 Å². The molecule has 0 saturated carbocycles. The first kappa shape index (κ1) is 11.6. The zero-order valence-electron chi connectivity index (χ0n) is 9.97. The van der Waals surface area contributed by atoms with Gasteiger partial charge in [-0.05, 0) is 43.5 Å². The largest absolute Gasteiger partial charge is 0.329 e. The van der Waals surface area contributed by atoms with E-state index in [2.05, 4.69) is 28.9 Å². The molecule has 0 amide bonds. The third-order valence-electron chi connectivity index (χ3n) is 3.61. The van der Waals surface area contributed by atoms with Crippen molar-refractivity contribution in [3.8, 4) is 0 Å². The third-order valence-corrected chi connectivity index (χ3v) is 3.61. The van der Waals surface area contributed by atoms with E-state index >= 15 is 0 Å². The van der Waals surface area contributed by atoms with Crippen LogP contribution in [0.5, 0.6) is 0 Å². The molecule has 0 spiro atoms. The zero-order valence-corrected chi connectivity index (χ0v) is 9.97. The molecule has 1 aliphatic heterocycles. The fourth-order valence-corrected chi connectivity index (χ4v) is 2.76. The van der Waals surface area contributed by atoms with Gasteiger partial charge in [-0.1, -0.05) is 6.92 Å². The lowest BCUT2D eigenvalue weighted by atomic mass is 10.0. The van der Waals surface area contributed by atoms with E-state index < -0.39 is 0 Å². The smallest absolute Gasteiger partial charge is 0.0474 e. The van der Waals surface area contributed by atoms with Gasteiger partial charge in [0, 0.05) is 31.0 Å². The van der Waals surface area contributed by atoms with Crippen LogP contribution in [0.1, 0.15) is 37.8 Å². The maximum atomic E-state index is 5.94. The molecule has 2 unspecified atom stereocenters. The highest BCUT2D eigenvalue weighted by Gasteiger charge is 2.29. The van der Waals surface area contributed by atoms with Crippen LogP contribution >= 0.6 is 0 Å². The third kappa shape index (κ3) is 2.25. The molecule has 0 bridgehead atoms. The average molecular weight is 219 g/mol. The van der Waals surface area contributed by atoms with Crippen molar-refractivity contribution >= 4 is 0 Å². The SMILES string of the molecule is CCC1CCCN1C(CN)c1ccncc1. The normalized spacial score (nSPS) is 23.5. The quantitative estimate of drug-likeness (QED) is 0.841. The van der Waals surface area contributed by atoms with Gasteiger partial charge < -0.3 is 5.73 Å². The highest BCUT2D eigenvalue weighted by molar-refractivity contribution is 5.16. The Morgan fingerprint density at radius 1 is 1.50 bits per heavy atom. The van der Waals surface area contributed by atoms with E-state index in [-0.39, 0.29) is 0 Å². The molecule has 1 saturated heterocycles. The molecule has 0 aliphatic carbocycles. The van der Waals surface area contributed by atoms with E-state index in [0.29, 0.717) is 18.6 Å². The summed E-state index contributed by atoms with van der Waals surface area (Å²) in [6.07, 6.45) is 7.56. The minimum Gasteiger partial charge on any atom is -0.329 e. The van der Waals surface area contributed by atoms with Crippen molar-refractivity contribution in [3.05, 3.63) is 30.1 Å². The van der Waals surface area contributed by atoms with Crippen molar-refractivity contribution in [2.75, 3.05) is 13.1 Å². The molecule has 1 aliphatic rings. The predicted octanol–water partition coefficient (Wildman–Crippen LogP) is 1.96. The Morgan fingerprint density at radius 3 is 2.88 bits per heavy atom. The van der Waals surface area contributed by atoms with Crippen LogP contribution in [0.15, 0.2) is 24.5 Å². The first-order valence-electron chi connectivity index (χ1n) is 6.22. The maximum Gasteiger partial charge on any atom is 0.0474 e. The van der Waals surface area contributed by atoms with Gasteiger partial charge in [0.05, 0.1) is 0 Å². The molecule has 3 nitrogen and oxygen atoms in total. The van der Waals surface area contributed by atoms with E-state index in [0.717, 1.165) is 0 Å². The Balaban J connectivity index is 2.16. The van der Waals surface area contributed by atoms with E-state index in [1.165, 1.54) is 31.4 Å². The average Bonchev–Trinajstić information content (AvgIpc) is 2.80. The molecular formula is C13H21N3. The molecule has 2 N–H and O–H groups in total. The molecule has 88 valence electrons. The standard InChI is InChI=1S/C13H21N3/c1-2-12-4-3-9-16(12)13(10-14)11-5-7-15-8-6-11/h5-8,12-13H,2-4,9-10,14H2,1H3. The van der Waals surface area contributed by atoms with Crippen LogP contribution in [-0.2, 0) is 0 Å². The summed E-state index contributed by atoms with van der Waals surface area (Å²) < 4.78 is 0. The van der Waals surface area contributed by atoms with E-state index in [1.54, 1.807) is 0 Å². The highest BCUT2D eigenvalue weighted by atomic mass is 15.2. The number of pyridine rings is 1. The van der Waals surface area contributed by atoms with Gasteiger partial charge in [-0.15, -0.1) is 0 Å². The van der Waals surface area contributed by atoms with E-state index in [1.807, 2.05) is 12.4 Å². The molecule has 2 atom stereocenters. The van der Waals surface area contributed by atoms with Crippen molar-refractivity contribution in [2.45, 2.75) is 38.3 Å². The number of hydrogen-bond donors (Lipinski definition) is 1. The van der Waals surface area contributed by atoms with Crippen LogP contribution < -0.4 is 5.73 Å². The number of nitrogens with two attached hydrogens (primary N) is 1. The monoisotopic (exact) mass is 219 g/mol. The Kier molecular flexibility index (Phi) is 3.91. The first-order chi connectivity index (χ1) is 7.86. The van der Waals surface area contributed by atoms with Crippen molar-refractivity contribution in [1.82, 2.24) is 9.88 Å². The number of hydrogen-bond acceptors (Lipinski definition) is 3. The van der Waals surface area contributed by atoms with Crippen molar-refractivity contribution in [3.63, 3.8) is 0 Å². The fourth-order valence-electron chi connectivity index (χ4n) is 2.76. The molecule has 1 fully saturated rings. The van der Waals surface area contributed by atoms with Gasteiger partial charge in [0.2, 0.25) is 0 Å². The van der Waals surface area contributed by atoms with Crippen LogP contribution in [-0.4, -0.2) is 29.0 Å². The van der Waals surface area contributed by atoms with Crippen LogP contribution in [0.4, 0.5) is 0 Å². The summed E-state index contributed by atoms with van der Waals surface area (Å²) in [5.74, 6) is 0. The molecule has 2 rings (SSSR count). The molecule has 1 aromatic rings. The fraction of sp³-hybridized carbons (Fsp3) is 0.615. The van der Waals surface area contributed by atoms with Crippen molar-refractivity contribution in [2.24, 2.45) is 5.73 Å². The lowest BCUT2D eigenvalue weighted by molar-refractivity contribution is 0.180. The summed E-state index contributed by atoms with van der Waals surface area (Å²) in [6, 6.07) is 5.25. The van der Waals surface area contributed by atoms with Gasteiger partial charge in [-0.2, -0.15) is 0 Å². The number of likely N-dealkylation sites (tertiary alicyclic amines) is 1. The summed E-state index contributed by atoms with van der Waals surface area (Å²) in [7, 11) is 0.